The van der Waals surface area contributed by atoms with Crippen molar-refractivity contribution in [3.8, 4) is 17.6 Å². The molecular weight excluding hydrogens is 532 g/mol. The minimum Gasteiger partial charge on any atom is -0.508 e. The molecule has 0 heterocycles. The van der Waals surface area contributed by atoms with Crippen LogP contribution in [0.1, 0.15) is 30.1 Å². The fraction of sp³-hybridized carbons (Fsp3) is 0.121. The molecule has 42 heavy (non-hydrogen) atoms. The van der Waals surface area contributed by atoms with Crippen molar-refractivity contribution in [2.75, 3.05) is 16.4 Å². The zero-order chi connectivity index (χ0) is 29.7. The molecule has 4 aromatic rings. The molecule has 0 aromatic heterocycles. The maximum atomic E-state index is 13.0. The molecule has 0 aliphatic rings. The second kappa shape index (κ2) is 14.6. The monoisotopic (exact) mass is 562 g/mol. The summed E-state index contributed by atoms with van der Waals surface area (Å²) in [7, 11) is 0. The molecule has 0 unspecified atom stereocenters. The van der Waals surface area contributed by atoms with Gasteiger partial charge in [-0.15, -0.1) is 0 Å². The lowest BCUT2D eigenvalue weighted by Crippen LogP contribution is -2.31. The number of nitrogens with zero attached hydrogens (tertiary/aromatic N) is 1. The Kier molecular flexibility index (Phi) is 10.2. The lowest BCUT2D eigenvalue weighted by molar-refractivity contribution is -0.111. The summed E-state index contributed by atoms with van der Waals surface area (Å²) in [5, 5.41) is 24.3. The van der Waals surface area contributed by atoms with Gasteiger partial charge in [0.05, 0.1) is 23.0 Å². The topological polar surface area (TPSA) is 147 Å². The second-order valence-corrected chi connectivity index (χ2v) is 9.26. The number of carbonyl (C=O) groups is 2. The Morgan fingerprint density at radius 2 is 1.60 bits per heavy atom. The van der Waals surface area contributed by atoms with E-state index in [0.717, 1.165) is 0 Å². The Hall–Kier alpha value is -5.75. The third-order valence-electron chi connectivity index (χ3n) is 6.19. The Labute approximate surface area is 243 Å². The highest BCUT2D eigenvalue weighted by Crippen LogP contribution is 2.30. The SMILES string of the molecule is N#Cc1ccc(NC(=O)O[C@H](c2ccc(O)cc2)[C@@H](CC/C=C/C(=O)Nc2ccccc2N)Oc2ccccc2)cc1. The minimum atomic E-state index is -0.879. The van der Waals surface area contributed by atoms with Crippen molar-refractivity contribution >= 4 is 29.1 Å². The van der Waals surface area contributed by atoms with Crippen molar-refractivity contribution in [2.45, 2.75) is 25.0 Å². The number of rotatable bonds is 11. The summed E-state index contributed by atoms with van der Waals surface area (Å²) < 4.78 is 12.2. The minimum absolute atomic E-state index is 0.0630. The Morgan fingerprint density at radius 3 is 2.29 bits per heavy atom. The molecule has 0 bridgehead atoms. The smallest absolute Gasteiger partial charge is 0.412 e. The molecule has 0 spiro atoms. The number of aromatic hydroxyl groups is 1. The second-order valence-electron chi connectivity index (χ2n) is 9.26. The van der Waals surface area contributed by atoms with E-state index >= 15 is 0 Å². The van der Waals surface area contributed by atoms with Gasteiger partial charge in [0, 0.05) is 5.69 Å². The molecule has 2 amide bonds. The average Bonchev–Trinajstić information content (AvgIpc) is 3.00. The number of phenolic OH excluding ortho intramolecular Hbond substituents is 1. The number of anilines is 3. The van der Waals surface area contributed by atoms with Crippen LogP contribution in [0.3, 0.4) is 0 Å². The van der Waals surface area contributed by atoms with Crippen LogP contribution in [0.15, 0.2) is 115 Å². The predicted molar refractivity (Wildman–Crippen MR) is 161 cm³/mol. The van der Waals surface area contributed by atoms with Crippen LogP contribution in [-0.4, -0.2) is 23.2 Å². The number of ether oxygens (including phenoxy) is 2. The number of benzene rings is 4. The first-order valence-electron chi connectivity index (χ1n) is 13.2. The fourth-order valence-corrected chi connectivity index (χ4v) is 4.10. The summed E-state index contributed by atoms with van der Waals surface area (Å²) >= 11 is 0. The normalized spacial score (nSPS) is 12.1. The zero-order valence-corrected chi connectivity index (χ0v) is 22.6. The largest absolute Gasteiger partial charge is 0.508 e. The molecule has 0 saturated heterocycles. The van der Waals surface area contributed by atoms with E-state index in [1.807, 2.05) is 24.3 Å². The third-order valence-corrected chi connectivity index (χ3v) is 6.19. The predicted octanol–water partition coefficient (Wildman–Crippen LogP) is 6.56. The molecule has 212 valence electrons. The highest BCUT2D eigenvalue weighted by Gasteiger charge is 2.29. The zero-order valence-electron chi connectivity index (χ0n) is 22.6. The molecule has 4 rings (SSSR count). The van der Waals surface area contributed by atoms with E-state index in [1.54, 1.807) is 78.9 Å². The molecular formula is C33H30N4O5. The van der Waals surface area contributed by atoms with E-state index in [1.165, 1.54) is 18.2 Å². The highest BCUT2D eigenvalue weighted by molar-refractivity contribution is 6.01. The molecule has 0 aliphatic heterocycles. The van der Waals surface area contributed by atoms with Gasteiger partial charge < -0.3 is 25.6 Å². The van der Waals surface area contributed by atoms with Crippen molar-refractivity contribution in [1.82, 2.24) is 0 Å². The first-order chi connectivity index (χ1) is 20.4. The van der Waals surface area contributed by atoms with Gasteiger partial charge in [0.1, 0.15) is 17.6 Å². The number of para-hydroxylation sites is 3. The molecule has 0 fully saturated rings. The maximum Gasteiger partial charge on any atom is 0.412 e. The Balaban J connectivity index is 1.52. The molecule has 0 saturated carbocycles. The number of amides is 2. The van der Waals surface area contributed by atoms with Gasteiger partial charge in [0.15, 0.2) is 6.10 Å². The van der Waals surface area contributed by atoms with Gasteiger partial charge in [-0.3, -0.25) is 10.1 Å². The van der Waals surface area contributed by atoms with Crippen molar-refractivity contribution < 1.29 is 24.2 Å². The van der Waals surface area contributed by atoms with Crippen LogP contribution in [0.4, 0.5) is 21.9 Å². The molecule has 0 radical (unpaired) electrons. The lowest BCUT2D eigenvalue weighted by atomic mass is 10.00. The van der Waals surface area contributed by atoms with E-state index in [2.05, 4.69) is 10.6 Å². The lowest BCUT2D eigenvalue weighted by Gasteiger charge is -2.28. The summed E-state index contributed by atoms with van der Waals surface area (Å²) in [5.41, 5.74) is 8.40. The summed E-state index contributed by atoms with van der Waals surface area (Å²) in [6, 6.07) is 30.8. The van der Waals surface area contributed by atoms with Crippen LogP contribution in [0.2, 0.25) is 0 Å². The summed E-state index contributed by atoms with van der Waals surface area (Å²) in [6.45, 7) is 0. The highest BCUT2D eigenvalue weighted by atomic mass is 16.6. The van der Waals surface area contributed by atoms with Crippen molar-refractivity contribution in [3.05, 3.63) is 126 Å². The van der Waals surface area contributed by atoms with Gasteiger partial charge in [-0.25, -0.2) is 4.79 Å². The van der Waals surface area contributed by atoms with Crippen LogP contribution < -0.4 is 21.1 Å². The maximum absolute atomic E-state index is 13.0. The summed E-state index contributed by atoms with van der Waals surface area (Å²) in [6.07, 6.45) is 1.65. The molecule has 9 nitrogen and oxygen atoms in total. The quantitative estimate of drug-likeness (QED) is 0.120. The number of phenols is 1. The third kappa shape index (κ3) is 8.63. The number of carbonyl (C=O) groups excluding carboxylic acids is 2. The Morgan fingerprint density at radius 1 is 0.905 bits per heavy atom. The van der Waals surface area contributed by atoms with Gasteiger partial charge in [-0.2, -0.15) is 5.26 Å². The first kappa shape index (κ1) is 29.2. The molecule has 4 aromatic carbocycles. The number of hydrogen-bond donors (Lipinski definition) is 4. The summed E-state index contributed by atoms with van der Waals surface area (Å²) in [5.74, 6) is 0.304. The summed E-state index contributed by atoms with van der Waals surface area (Å²) in [4.78, 5) is 25.5. The number of nitrogens with two attached hydrogens (primary N) is 1. The Bertz CT molecular complexity index is 1550. The molecule has 2 atom stereocenters. The van der Waals surface area contributed by atoms with Crippen molar-refractivity contribution in [1.29, 1.82) is 5.26 Å². The standard InChI is InChI=1S/C33H30N4O5/c34-22-23-14-18-25(19-15-23)36-33(40)42-32(24-16-20-26(38)21-17-24)30(41-27-8-2-1-3-9-27)12-6-7-13-31(39)37-29-11-5-4-10-28(29)35/h1-5,7-11,13-21,30,32,38H,6,12,35H2,(H,36,40)(H,37,39)/b13-7+/t30-,32-/m1/s1. The van der Waals surface area contributed by atoms with Crippen LogP contribution in [0, 0.1) is 11.3 Å². The number of nitrogen functional groups attached to an aromatic ring is 1. The van der Waals surface area contributed by atoms with E-state index < -0.39 is 18.3 Å². The first-order valence-corrected chi connectivity index (χ1v) is 13.2. The van der Waals surface area contributed by atoms with Gasteiger partial charge in [-0.05, 0) is 85.1 Å². The molecule has 0 aliphatic carbocycles. The number of allylic oxidation sites excluding steroid dienone is 1. The van der Waals surface area contributed by atoms with E-state index in [0.29, 0.717) is 46.8 Å². The number of nitrogens with one attached hydrogen (secondary N) is 2. The van der Waals surface area contributed by atoms with Crippen LogP contribution in [0.25, 0.3) is 0 Å². The van der Waals surface area contributed by atoms with Gasteiger partial charge >= 0.3 is 6.09 Å². The number of hydrogen-bond acceptors (Lipinski definition) is 7. The van der Waals surface area contributed by atoms with E-state index in [-0.39, 0.29) is 11.7 Å². The van der Waals surface area contributed by atoms with Crippen LogP contribution in [0.5, 0.6) is 11.5 Å². The van der Waals surface area contributed by atoms with Crippen molar-refractivity contribution in [3.63, 3.8) is 0 Å². The van der Waals surface area contributed by atoms with E-state index in [4.69, 9.17) is 20.5 Å². The van der Waals surface area contributed by atoms with Crippen LogP contribution in [-0.2, 0) is 9.53 Å². The van der Waals surface area contributed by atoms with Gasteiger partial charge in [-0.1, -0.05) is 48.5 Å². The van der Waals surface area contributed by atoms with Gasteiger partial charge in [0.2, 0.25) is 5.91 Å². The fourth-order valence-electron chi connectivity index (χ4n) is 4.10. The van der Waals surface area contributed by atoms with E-state index in [9.17, 15) is 14.7 Å². The average molecular weight is 563 g/mol. The molecule has 9 heteroatoms. The van der Waals surface area contributed by atoms with Gasteiger partial charge in [0.25, 0.3) is 0 Å². The van der Waals surface area contributed by atoms with Crippen LogP contribution >= 0.6 is 0 Å². The van der Waals surface area contributed by atoms with Crippen molar-refractivity contribution in [2.24, 2.45) is 0 Å². The number of nitriles is 1. The molecule has 5 N–H and O–H groups in total.